The average Bonchev–Trinajstić information content (AvgIpc) is 2.21. The van der Waals surface area contributed by atoms with Gasteiger partial charge in [-0.25, -0.2) is 4.79 Å². The molecular formula is C11H11NO3. The Morgan fingerprint density at radius 1 is 1.60 bits per heavy atom. The smallest absolute Gasteiger partial charge is 0.343 e. The van der Waals surface area contributed by atoms with Crippen LogP contribution in [0.4, 0.5) is 0 Å². The summed E-state index contributed by atoms with van der Waals surface area (Å²) in [4.78, 5) is 11.5. The molecule has 0 bridgehead atoms. The SMILES string of the molecule is Cc1ccc(O)c(C(=O)OC(C)C#N)c1. The number of phenols is 1. The number of esters is 1. The van der Waals surface area contributed by atoms with Gasteiger partial charge in [-0.3, -0.25) is 0 Å². The lowest BCUT2D eigenvalue weighted by Crippen LogP contribution is -2.13. The number of carbonyl (C=O) groups is 1. The number of carbonyl (C=O) groups excluding carboxylic acids is 1. The number of benzene rings is 1. The normalized spacial score (nSPS) is 11.5. The molecule has 0 spiro atoms. The highest BCUT2D eigenvalue weighted by molar-refractivity contribution is 5.92. The number of nitriles is 1. The van der Waals surface area contributed by atoms with Gasteiger partial charge in [0.15, 0.2) is 6.10 Å². The number of nitrogens with zero attached hydrogens (tertiary/aromatic N) is 1. The van der Waals surface area contributed by atoms with Crippen molar-refractivity contribution in [1.82, 2.24) is 0 Å². The lowest BCUT2D eigenvalue weighted by Gasteiger charge is -2.07. The second-order valence-corrected chi connectivity index (χ2v) is 3.20. The van der Waals surface area contributed by atoms with Crippen molar-refractivity contribution in [2.24, 2.45) is 0 Å². The fraction of sp³-hybridized carbons (Fsp3) is 0.273. The average molecular weight is 205 g/mol. The Morgan fingerprint density at radius 3 is 2.87 bits per heavy atom. The van der Waals surface area contributed by atoms with E-state index in [1.165, 1.54) is 19.1 Å². The maximum Gasteiger partial charge on any atom is 0.343 e. The van der Waals surface area contributed by atoms with Crippen LogP contribution in [-0.2, 0) is 4.74 Å². The first-order valence-corrected chi connectivity index (χ1v) is 4.45. The topological polar surface area (TPSA) is 70.3 Å². The van der Waals surface area contributed by atoms with Gasteiger partial charge in [-0.05, 0) is 26.0 Å². The molecule has 0 saturated carbocycles. The number of ether oxygens (including phenoxy) is 1. The number of aromatic hydroxyl groups is 1. The summed E-state index contributed by atoms with van der Waals surface area (Å²) in [5.41, 5.74) is 0.918. The van der Waals surface area contributed by atoms with Gasteiger partial charge >= 0.3 is 5.97 Å². The largest absolute Gasteiger partial charge is 0.507 e. The van der Waals surface area contributed by atoms with E-state index in [4.69, 9.17) is 10.00 Å². The van der Waals surface area contributed by atoms with Crippen LogP contribution in [0, 0.1) is 18.3 Å². The molecule has 1 atom stereocenters. The van der Waals surface area contributed by atoms with Gasteiger partial charge in [0.25, 0.3) is 0 Å². The van der Waals surface area contributed by atoms with Gasteiger partial charge in [0, 0.05) is 0 Å². The molecule has 0 saturated heterocycles. The maximum atomic E-state index is 11.5. The van der Waals surface area contributed by atoms with E-state index in [-0.39, 0.29) is 11.3 Å². The number of hydrogen-bond donors (Lipinski definition) is 1. The number of aryl methyl sites for hydroxylation is 1. The van der Waals surface area contributed by atoms with Crippen LogP contribution < -0.4 is 0 Å². The van der Waals surface area contributed by atoms with Crippen molar-refractivity contribution in [1.29, 1.82) is 5.26 Å². The Hall–Kier alpha value is -2.02. The third kappa shape index (κ3) is 2.71. The van der Waals surface area contributed by atoms with Crippen LogP contribution in [0.5, 0.6) is 5.75 Å². The summed E-state index contributed by atoms with van der Waals surface area (Å²) in [6.07, 6.45) is -0.822. The molecule has 1 aromatic carbocycles. The molecule has 1 aromatic rings. The van der Waals surface area contributed by atoms with E-state index >= 15 is 0 Å². The van der Waals surface area contributed by atoms with Gasteiger partial charge < -0.3 is 9.84 Å². The number of hydrogen-bond acceptors (Lipinski definition) is 4. The zero-order chi connectivity index (χ0) is 11.4. The first kappa shape index (κ1) is 11.1. The molecule has 0 heterocycles. The molecule has 78 valence electrons. The van der Waals surface area contributed by atoms with Crippen molar-refractivity contribution in [2.45, 2.75) is 20.0 Å². The Labute approximate surface area is 87.7 Å². The quantitative estimate of drug-likeness (QED) is 0.747. The molecule has 0 aliphatic rings. The van der Waals surface area contributed by atoms with Crippen LogP contribution in [0.3, 0.4) is 0 Å². The fourth-order valence-corrected chi connectivity index (χ4v) is 1.06. The summed E-state index contributed by atoms with van der Waals surface area (Å²) in [7, 11) is 0. The predicted molar refractivity (Wildman–Crippen MR) is 53.3 cm³/mol. The molecule has 0 aliphatic heterocycles. The summed E-state index contributed by atoms with van der Waals surface area (Å²) >= 11 is 0. The van der Waals surface area contributed by atoms with Crippen LogP contribution in [-0.4, -0.2) is 17.2 Å². The first-order valence-electron chi connectivity index (χ1n) is 4.45. The number of phenolic OH excluding ortho intramolecular Hbond substituents is 1. The first-order chi connectivity index (χ1) is 7.04. The Morgan fingerprint density at radius 2 is 2.27 bits per heavy atom. The lowest BCUT2D eigenvalue weighted by atomic mass is 10.1. The molecule has 0 amide bonds. The van der Waals surface area contributed by atoms with Gasteiger partial charge in [0.2, 0.25) is 0 Å². The Kier molecular flexibility index (Phi) is 3.29. The van der Waals surface area contributed by atoms with Gasteiger partial charge in [-0.2, -0.15) is 5.26 Å². The highest BCUT2D eigenvalue weighted by Crippen LogP contribution is 2.19. The minimum Gasteiger partial charge on any atom is -0.507 e. The van der Waals surface area contributed by atoms with Crippen molar-refractivity contribution in [3.63, 3.8) is 0 Å². The molecular weight excluding hydrogens is 194 g/mol. The third-order valence-electron chi connectivity index (χ3n) is 1.84. The van der Waals surface area contributed by atoms with E-state index in [2.05, 4.69) is 0 Å². The molecule has 0 radical (unpaired) electrons. The van der Waals surface area contributed by atoms with Gasteiger partial charge in [-0.15, -0.1) is 0 Å². The van der Waals surface area contributed by atoms with Crippen molar-refractivity contribution in [2.75, 3.05) is 0 Å². The van der Waals surface area contributed by atoms with Gasteiger partial charge in [0.1, 0.15) is 17.4 Å². The molecule has 0 aliphatic carbocycles. The van der Waals surface area contributed by atoms with Crippen LogP contribution >= 0.6 is 0 Å². The standard InChI is InChI=1S/C11H11NO3/c1-7-3-4-10(13)9(5-7)11(14)15-8(2)6-12/h3-5,8,13H,1-2H3. The summed E-state index contributed by atoms with van der Waals surface area (Å²) in [6, 6.07) is 6.39. The van der Waals surface area contributed by atoms with Gasteiger partial charge in [-0.1, -0.05) is 11.6 Å². The van der Waals surface area contributed by atoms with Crippen LogP contribution in [0.1, 0.15) is 22.8 Å². The van der Waals surface area contributed by atoms with Crippen LogP contribution in [0.25, 0.3) is 0 Å². The zero-order valence-corrected chi connectivity index (χ0v) is 8.52. The van der Waals surface area contributed by atoms with E-state index in [1.807, 2.05) is 0 Å². The van der Waals surface area contributed by atoms with Crippen LogP contribution in [0.15, 0.2) is 18.2 Å². The van der Waals surface area contributed by atoms with E-state index in [1.54, 1.807) is 19.1 Å². The summed E-state index contributed by atoms with van der Waals surface area (Å²) in [5.74, 6) is -0.832. The van der Waals surface area contributed by atoms with Crippen molar-refractivity contribution in [3.05, 3.63) is 29.3 Å². The molecule has 1 rings (SSSR count). The summed E-state index contributed by atoms with van der Waals surface area (Å²) in [6.45, 7) is 3.26. The highest BCUT2D eigenvalue weighted by atomic mass is 16.5. The fourth-order valence-electron chi connectivity index (χ4n) is 1.06. The molecule has 4 nitrogen and oxygen atoms in total. The molecule has 1 N–H and O–H groups in total. The second-order valence-electron chi connectivity index (χ2n) is 3.20. The molecule has 1 unspecified atom stereocenters. The van der Waals surface area contributed by atoms with Crippen LogP contribution in [0.2, 0.25) is 0 Å². The Balaban J connectivity index is 2.92. The maximum absolute atomic E-state index is 11.5. The third-order valence-corrected chi connectivity index (χ3v) is 1.84. The Bertz CT molecular complexity index is 420. The van der Waals surface area contributed by atoms with Crippen molar-refractivity contribution < 1.29 is 14.6 Å². The zero-order valence-electron chi connectivity index (χ0n) is 8.52. The summed E-state index contributed by atoms with van der Waals surface area (Å²) in [5, 5.41) is 17.9. The monoisotopic (exact) mass is 205 g/mol. The van der Waals surface area contributed by atoms with E-state index in [0.29, 0.717) is 0 Å². The molecule has 4 heteroatoms. The van der Waals surface area contributed by atoms with Crippen molar-refractivity contribution in [3.8, 4) is 11.8 Å². The summed E-state index contributed by atoms with van der Waals surface area (Å²) < 4.78 is 4.76. The lowest BCUT2D eigenvalue weighted by molar-refractivity contribution is 0.0432. The second kappa shape index (κ2) is 4.47. The molecule has 0 fully saturated rings. The van der Waals surface area contributed by atoms with E-state index in [9.17, 15) is 9.90 Å². The minimum absolute atomic E-state index is 0.0806. The van der Waals surface area contributed by atoms with E-state index < -0.39 is 12.1 Å². The molecule has 15 heavy (non-hydrogen) atoms. The predicted octanol–water partition coefficient (Wildman–Crippen LogP) is 1.77. The number of rotatable bonds is 2. The van der Waals surface area contributed by atoms with Gasteiger partial charge in [0.05, 0.1) is 0 Å². The highest BCUT2D eigenvalue weighted by Gasteiger charge is 2.15. The van der Waals surface area contributed by atoms with Crippen molar-refractivity contribution >= 4 is 5.97 Å². The molecule has 0 aromatic heterocycles. The minimum atomic E-state index is -0.822. The van der Waals surface area contributed by atoms with E-state index in [0.717, 1.165) is 5.56 Å².